The average Bonchev–Trinajstić information content (AvgIpc) is 3.73. The van der Waals surface area contributed by atoms with E-state index < -0.39 is 0 Å². The van der Waals surface area contributed by atoms with Crippen LogP contribution in [0.1, 0.15) is 64.2 Å². The summed E-state index contributed by atoms with van der Waals surface area (Å²) in [6, 6.07) is 0. The maximum atomic E-state index is 13.6. The number of amides is 2. The number of hydrogen-bond donors (Lipinski definition) is 2. The van der Waals surface area contributed by atoms with E-state index in [1.807, 2.05) is 9.80 Å². The third-order valence-corrected chi connectivity index (χ3v) is 7.33. The molecule has 2 amide bonds. The number of nitrogens with one attached hydrogen (secondary N) is 2. The van der Waals surface area contributed by atoms with E-state index in [0.29, 0.717) is 26.2 Å². The van der Waals surface area contributed by atoms with E-state index in [1.165, 1.54) is 0 Å². The summed E-state index contributed by atoms with van der Waals surface area (Å²) in [5.41, 5.74) is 0.675. The lowest BCUT2D eigenvalue weighted by Crippen LogP contribution is -2.45. The molecule has 2 N–H and O–H groups in total. The number of nitrogens with zero attached hydrogens (tertiary/aromatic N) is 2. The molecule has 0 aromatic rings. The lowest BCUT2D eigenvalue weighted by atomic mass is 9.87. The highest BCUT2D eigenvalue weighted by molar-refractivity contribution is 6.26. The van der Waals surface area contributed by atoms with Gasteiger partial charge in [0, 0.05) is 38.0 Å². The first-order valence-corrected chi connectivity index (χ1v) is 12.2. The van der Waals surface area contributed by atoms with Gasteiger partial charge in [-0.1, -0.05) is 38.5 Å². The predicted octanol–water partition coefficient (Wildman–Crippen LogP) is 1.59. The van der Waals surface area contributed by atoms with Crippen LogP contribution in [0.4, 0.5) is 0 Å². The molecular weight excluding hydrogens is 408 g/mol. The zero-order valence-corrected chi connectivity index (χ0v) is 18.6. The molecule has 8 nitrogen and oxygen atoms in total. The molecule has 0 atom stereocenters. The van der Waals surface area contributed by atoms with Gasteiger partial charge in [0.25, 0.3) is 0 Å². The zero-order valence-electron chi connectivity index (χ0n) is 18.6. The van der Waals surface area contributed by atoms with Gasteiger partial charge in [0.05, 0.1) is 0 Å². The van der Waals surface area contributed by atoms with E-state index in [-0.39, 0.29) is 58.0 Å². The Hall–Kier alpha value is -2.64. The maximum absolute atomic E-state index is 13.6. The van der Waals surface area contributed by atoms with Crippen LogP contribution in [0.5, 0.6) is 0 Å². The standard InChI is InChI=1S/C24H32N4O4/c29-21-17(25-23(31)15-7-3-1-4-8-15)19(27-11-12-27)22(30)18(20(21)28-13-14-28)26-24(32)16-9-5-2-6-10-16/h15-16H,1-14H2,(H,25,31)(H,26,32). The van der Waals surface area contributed by atoms with Crippen LogP contribution in [0.25, 0.3) is 0 Å². The molecule has 0 unspecified atom stereocenters. The largest absolute Gasteiger partial charge is 0.363 e. The first-order chi connectivity index (χ1) is 15.5. The Morgan fingerprint density at radius 3 is 1.25 bits per heavy atom. The van der Waals surface area contributed by atoms with Crippen LogP contribution in [0.15, 0.2) is 22.8 Å². The molecule has 0 spiro atoms. The fraction of sp³-hybridized carbons (Fsp3) is 0.667. The second kappa shape index (κ2) is 8.71. The number of carbonyl (C=O) groups is 4. The summed E-state index contributed by atoms with van der Waals surface area (Å²) in [6.45, 7) is 2.67. The topological polar surface area (TPSA) is 98.4 Å². The molecule has 0 bridgehead atoms. The Balaban J connectivity index is 1.42. The highest BCUT2D eigenvalue weighted by Gasteiger charge is 2.45. The van der Waals surface area contributed by atoms with E-state index in [1.54, 1.807) is 0 Å². The average molecular weight is 441 g/mol. The van der Waals surface area contributed by atoms with Gasteiger partial charge in [-0.25, -0.2) is 0 Å². The third-order valence-electron chi connectivity index (χ3n) is 7.33. The van der Waals surface area contributed by atoms with Crippen molar-refractivity contribution in [3.63, 3.8) is 0 Å². The molecule has 5 aliphatic rings. The summed E-state index contributed by atoms with van der Waals surface area (Å²) >= 11 is 0. The van der Waals surface area contributed by atoms with Gasteiger partial charge in [-0.2, -0.15) is 0 Å². The van der Waals surface area contributed by atoms with E-state index in [9.17, 15) is 19.2 Å². The Kier molecular flexibility index (Phi) is 5.78. The summed E-state index contributed by atoms with van der Waals surface area (Å²) in [5.74, 6) is -1.27. The molecule has 8 heteroatoms. The van der Waals surface area contributed by atoms with Crippen LogP contribution in [0.2, 0.25) is 0 Å². The van der Waals surface area contributed by atoms with Crippen LogP contribution in [0, 0.1) is 11.8 Å². The van der Waals surface area contributed by atoms with Crippen molar-refractivity contribution in [2.45, 2.75) is 64.2 Å². The van der Waals surface area contributed by atoms with Gasteiger partial charge in [0.1, 0.15) is 22.8 Å². The van der Waals surface area contributed by atoms with Crippen molar-refractivity contribution < 1.29 is 19.2 Å². The number of hydrogen-bond acceptors (Lipinski definition) is 6. The molecule has 2 aliphatic heterocycles. The van der Waals surface area contributed by atoms with Gasteiger partial charge >= 0.3 is 0 Å². The van der Waals surface area contributed by atoms with Crippen molar-refractivity contribution in [1.29, 1.82) is 0 Å². The summed E-state index contributed by atoms with van der Waals surface area (Å²) in [6.07, 6.45) is 9.59. The highest BCUT2D eigenvalue weighted by Crippen LogP contribution is 2.34. The van der Waals surface area contributed by atoms with E-state index in [0.717, 1.165) is 64.2 Å². The molecule has 32 heavy (non-hydrogen) atoms. The zero-order chi connectivity index (χ0) is 22.2. The van der Waals surface area contributed by atoms with Crippen LogP contribution in [0.3, 0.4) is 0 Å². The van der Waals surface area contributed by atoms with Gasteiger partial charge in [-0.05, 0) is 25.7 Å². The van der Waals surface area contributed by atoms with Gasteiger partial charge in [-0.15, -0.1) is 0 Å². The molecule has 4 fully saturated rings. The summed E-state index contributed by atoms with van der Waals surface area (Å²) in [4.78, 5) is 56.7. The minimum Gasteiger partial charge on any atom is -0.363 e. The number of ketones is 2. The Morgan fingerprint density at radius 1 is 0.594 bits per heavy atom. The lowest BCUT2D eigenvalue weighted by Gasteiger charge is -2.28. The van der Waals surface area contributed by atoms with Gasteiger partial charge in [0.2, 0.25) is 23.4 Å². The molecule has 3 aliphatic carbocycles. The molecule has 0 aromatic carbocycles. The van der Waals surface area contributed by atoms with Crippen LogP contribution < -0.4 is 10.6 Å². The van der Waals surface area contributed by atoms with Crippen LogP contribution >= 0.6 is 0 Å². The van der Waals surface area contributed by atoms with E-state index >= 15 is 0 Å². The Morgan fingerprint density at radius 2 is 0.938 bits per heavy atom. The molecule has 2 saturated carbocycles. The lowest BCUT2D eigenvalue weighted by molar-refractivity contribution is -0.128. The summed E-state index contributed by atoms with van der Waals surface area (Å²) in [7, 11) is 0. The molecule has 5 rings (SSSR count). The smallest absolute Gasteiger partial charge is 0.229 e. The predicted molar refractivity (Wildman–Crippen MR) is 117 cm³/mol. The fourth-order valence-corrected chi connectivity index (χ4v) is 5.24. The molecule has 2 saturated heterocycles. The first kappa shape index (κ1) is 21.2. The van der Waals surface area contributed by atoms with Crippen molar-refractivity contribution in [2.75, 3.05) is 26.2 Å². The molecule has 0 aromatic heterocycles. The molecule has 172 valence electrons. The van der Waals surface area contributed by atoms with Crippen molar-refractivity contribution in [1.82, 2.24) is 20.4 Å². The van der Waals surface area contributed by atoms with Gasteiger partial charge in [0.15, 0.2) is 0 Å². The van der Waals surface area contributed by atoms with Crippen LogP contribution in [-0.4, -0.2) is 59.4 Å². The Labute approximate surface area is 188 Å². The second-order valence-electron chi connectivity index (χ2n) is 9.73. The van der Waals surface area contributed by atoms with Crippen molar-refractivity contribution in [3.05, 3.63) is 22.8 Å². The number of Topliss-reactive ketones (excluding diaryl/α,β-unsaturated/α-hetero) is 2. The van der Waals surface area contributed by atoms with Crippen molar-refractivity contribution in [3.8, 4) is 0 Å². The van der Waals surface area contributed by atoms with Crippen LogP contribution in [-0.2, 0) is 19.2 Å². The maximum Gasteiger partial charge on any atom is 0.229 e. The highest BCUT2D eigenvalue weighted by atomic mass is 16.2. The van der Waals surface area contributed by atoms with Gasteiger partial charge < -0.3 is 20.4 Å². The van der Waals surface area contributed by atoms with E-state index in [2.05, 4.69) is 10.6 Å². The minimum atomic E-state index is -0.355. The monoisotopic (exact) mass is 440 g/mol. The molecular formula is C24H32N4O4. The van der Waals surface area contributed by atoms with Gasteiger partial charge in [-0.3, -0.25) is 19.2 Å². The second-order valence-corrected chi connectivity index (χ2v) is 9.73. The van der Waals surface area contributed by atoms with Crippen molar-refractivity contribution >= 4 is 23.4 Å². The first-order valence-electron chi connectivity index (χ1n) is 12.2. The fourth-order valence-electron chi connectivity index (χ4n) is 5.24. The normalized spacial score (nSPS) is 24.8. The molecule has 2 heterocycles. The Bertz CT molecular complexity index is 827. The number of rotatable bonds is 6. The SMILES string of the molecule is O=C1C(NC(=O)C2CCCCC2)=C(N2CC2)C(=O)C(NC(=O)C2CCCCC2)=C1N1CC1. The van der Waals surface area contributed by atoms with Crippen molar-refractivity contribution in [2.24, 2.45) is 11.8 Å². The quantitative estimate of drug-likeness (QED) is 0.481. The van der Waals surface area contributed by atoms with E-state index in [4.69, 9.17) is 0 Å². The minimum absolute atomic E-state index is 0.0978. The third kappa shape index (κ3) is 4.19. The number of carbonyl (C=O) groups excluding carboxylic acids is 4. The summed E-state index contributed by atoms with van der Waals surface area (Å²) < 4.78 is 0. The summed E-state index contributed by atoms with van der Waals surface area (Å²) in [5, 5.41) is 5.69. The molecule has 0 radical (unpaired) electrons.